The van der Waals surface area contributed by atoms with E-state index < -0.39 is 22.8 Å². The molecule has 0 atom stereocenters. The van der Waals surface area contributed by atoms with Gasteiger partial charge in [-0.15, -0.1) is 0 Å². The van der Waals surface area contributed by atoms with Gasteiger partial charge >= 0.3 is 5.97 Å². The fraction of sp³-hybridized carbons (Fsp3) is 0.381. The van der Waals surface area contributed by atoms with Crippen LogP contribution < -0.4 is 16.1 Å². The Kier molecular flexibility index (Phi) is 4.00. The van der Waals surface area contributed by atoms with Crippen molar-refractivity contribution in [1.29, 1.82) is 0 Å². The molecule has 1 aliphatic heterocycles. The number of aromatic carboxylic acids is 1. The van der Waals surface area contributed by atoms with Crippen LogP contribution in [-0.2, 0) is 5.54 Å². The number of carboxylic acid groups (broad SMARTS) is 1. The van der Waals surface area contributed by atoms with Crippen LogP contribution in [0.4, 0.5) is 10.1 Å². The maximum atomic E-state index is 14.7. The zero-order chi connectivity index (χ0) is 21.3. The Balaban J connectivity index is 2.01. The minimum absolute atomic E-state index is 0.151. The number of nitrogens with zero attached hydrogens (tertiary/aromatic N) is 3. The summed E-state index contributed by atoms with van der Waals surface area (Å²) in [5.41, 5.74) is 5.52. The fourth-order valence-corrected chi connectivity index (χ4v) is 3.82. The van der Waals surface area contributed by atoms with Crippen LogP contribution in [0.25, 0.3) is 21.9 Å². The molecule has 1 aromatic carbocycles. The molecule has 0 unspecified atom stereocenters. The van der Waals surface area contributed by atoms with Crippen molar-refractivity contribution in [2.45, 2.75) is 38.8 Å². The summed E-state index contributed by atoms with van der Waals surface area (Å²) < 4.78 is 16.4. The van der Waals surface area contributed by atoms with E-state index in [9.17, 15) is 19.1 Å². The third-order valence-electron chi connectivity index (χ3n) is 5.24. The molecule has 0 aliphatic carbocycles. The molecule has 7 nitrogen and oxygen atoms in total. The maximum absolute atomic E-state index is 14.7. The lowest BCUT2D eigenvalue weighted by Crippen LogP contribution is -2.65. The van der Waals surface area contributed by atoms with Gasteiger partial charge in [-0.3, -0.25) is 4.79 Å². The van der Waals surface area contributed by atoms with Crippen LogP contribution in [-0.4, -0.2) is 39.3 Å². The van der Waals surface area contributed by atoms with Gasteiger partial charge in [0, 0.05) is 35.8 Å². The van der Waals surface area contributed by atoms with Crippen molar-refractivity contribution < 1.29 is 14.3 Å². The van der Waals surface area contributed by atoms with Crippen LogP contribution in [0.2, 0.25) is 0 Å². The molecule has 4 rings (SSSR count). The Morgan fingerprint density at radius 1 is 1.28 bits per heavy atom. The summed E-state index contributed by atoms with van der Waals surface area (Å²) in [7, 11) is 0. The zero-order valence-electron chi connectivity index (χ0n) is 16.8. The molecule has 3 aromatic rings. The number of anilines is 1. The van der Waals surface area contributed by atoms with E-state index in [0.717, 1.165) is 0 Å². The Bertz CT molecular complexity index is 1230. The number of rotatable bonds is 2. The van der Waals surface area contributed by atoms with Crippen molar-refractivity contribution in [3.63, 3.8) is 0 Å². The van der Waals surface area contributed by atoms with Crippen molar-refractivity contribution in [3.8, 4) is 0 Å². The Labute approximate surface area is 166 Å². The molecule has 29 heavy (non-hydrogen) atoms. The SMILES string of the molecule is CC1(N)CN(c2cc3nc4c(cc3cc2F)c(=O)c(C(=O)O)cn4C(C)(C)C)C1. The lowest BCUT2D eigenvalue weighted by Gasteiger charge is -2.47. The Morgan fingerprint density at radius 2 is 1.93 bits per heavy atom. The van der Waals surface area contributed by atoms with Crippen molar-refractivity contribution >= 4 is 33.6 Å². The molecular weight excluding hydrogens is 375 g/mol. The fourth-order valence-electron chi connectivity index (χ4n) is 3.82. The maximum Gasteiger partial charge on any atom is 0.341 e. The number of fused-ring (bicyclic) bond motifs is 2. The van der Waals surface area contributed by atoms with E-state index in [0.29, 0.717) is 35.3 Å². The van der Waals surface area contributed by atoms with Crippen LogP contribution in [0.5, 0.6) is 0 Å². The first-order valence-corrected chi connectivity index (χ1v) is 9.35. The molecule has 0 bridgehead atoms. The van der Waals surface area contributed by atoms with Crippen LogP contribution in [0.15, 0.2) is 29.2 Å². The van der Waals surface area contributed by atoms with Gasteiger partial charge in [-0.05, 0) is 45.9 Å². The molecule has 0 saturated carbocycles. The van der Waals surface area contributed by atoms with Gasteiger partial charge < -0.3 is 20.3 Å². The molecule has 0 spiro atoms. The predicted molar refractivity (Wildman–Crippen MR) is 110 cm³/mol. The molecule has 1 saturated heterocycles. The Hall–Kier alpha value is -3.00. The number of hydrogen-bond acceptors (Lipinski definition) is 5. The molecule has 3 heterocycles. The van der Waals surface area contributed by atoms with E-state index in [1.54, 1.807) is 10.6 Å². The smallest absolute Gasteiger partial charge is 0.341 e. The van der Waals surface area contributed by atoms with Crippen molar-refractivity contribution in [3.05, 3.63) is 46.0 Å². The molecule has 1 aliphatic rings. The summed E-state index contributed by atoms with van der Waals surface area (Å²) >= 11 is 0. The molecule has 152 valence electrons. The third kappa shape index (κ3) is 3.13. The summed E-state index contributed by atoms with van der Waals surface area (Å²) in [6.07, 6.45) is 1.32. The minimum atomic E-state index is -1.31. The minimum Gasteiger partial charge on any atom is -0.477 e. The molecule has 3 N–H and O–H groups in total. The van der Waals surface area contributed by atoms with Crippen molar-refractivity contribution in [2.24, 2.45) is 5.73 Å². The quantitative estimate of drug-likeness (QED) is 0.644. The molecule has 0 radical (unpaired) electrons. The van der Waals surface area contributed by atoms with E-state index in [-0.39, 0.29) is 16.5 Å². The average Bonchev–Trinajstić information content (AvgIpc) is 2.57. The topological polar surface area (TPSA) is 101 Å². The highest BCUT2D eigenvalue weighted by atomic mass is 19.1. The second-order valence-corrected chi connectivity index (χ2v) is 9.08. The highest BCUT2D eigenvalue weighted by Crippen LogP contribution is 2.32. The van der Waals surface area contributed by atoms with E-state index in [1.165, 1.54) is 18.3 Å². The molecule has 1 fully saturated rings. The van der Waals surface area contributed by atoms with Gasteiger partial charge in [0.15, 0.2) is 0 Å². The largest absolute Gasteiger partial charge is 0.477 e. The number of carboxylic acids is 1. The second-order valence-electron chi connectivity index (χ2n) is 9.08. The number of nitrogens with two attached hydrogens (primary N) is 1. The number of aromatic nitrogens is 2. The van der Waals surface area contributed by atoms with Crippen molar-refractivity contribution in [1.82, 2.24) is 9.55 Å². The van der Waals surface area contributed by atoms with E-state index in [2.05, 4.69) is 4.98 Å². The average molecular weight is 398 g/mol. The normalized spacial score (nSPS) is 16.3. The number of carbonyl (C=O) groups is 1. The van der Waals surface area contributed by atoms with Gasteiger partial charge in [-0.1, -0.05) is 0 Å². The monoisotopic (exact) mass is 398 g/mol. The zero-order valence-corrected chi connectivity index (χ0v) is 16.8. The van der Waals surface area contributed by atoms with Gasteiger partial charge in [-0.2, -0.15) is 0 Å². The Morgan fingerprint density at radius 3 is 2.48 bits per heavy atom. The molecular formula is C21H23FN4O3. The van der Waals surface area contributed by atoms with Crippen LogP contribution >= 0.6 is 0 Å². The number of halogens is 1. The summed E-state index contributed by atoms with van der Waals surface area (Å²) in [5.74, 6) is -1.74. The molecule has 8 heteroatoms. The van der Waals surface area contributed by atoms with Crippen LogP contribution in [0, 0.1) is 5.82 Å². The summed E-state index contributed by atoms with van der Waals surface area (Å²) in [5, 5.41) is 10.0. The molecule has 2 aromatic heterocycles. The lowest BCUT2D eigenvalue weighted by atomic mass is 9.93. The van der Waals surface area contributed by atoms with Gasteiger partial charge in [0.2, 0.25) is 5.43 Å². The number of pyridine rings is 2. The van der Waals surface area contributed by atoms with Gasteiger partial charge in [0.25, 0.3) is 0 Å². The van der Waals surface area contributed by atoms with Gasteiger partial charge in [-0.25, -0.2) is 14.2 Å². The van der Waals surface area contributed by atoms with E-state index >= 15 is 0 Å². The number of benzene rings is 1. The summed E-state index contributed by atoms with van der Waals surface area (Å²) in [6.45, 7) is 8.68. The third-order valence-corrected chi connectivity index (χ3v) is 5.24. The second kappa shape index (κ2) is 6.00. The summed E-state index contributed by atoms with van der Waals surface area (Å²) in [6, 6.07) is 4.50. The number of hydrogen-bond donors (Lipinski definition) is 2. The highest BCUT2D eigenvalue weighted by Gasteiger charge is 2.36. The first-order valence-electron chi connectivity index (χ1n) is 9.35. The molecule has 0 amide bonds. The van der Waals surface area contributed by atoms with Gasteiger partial charge in [0.1, 0.15) is 17.0 Å². The summed E-state index contributed by atoms with van der Waals surface area (Å²) in [4.78, 5) is 30.8. The van der Waals surface area contributed by atoms with Crippen LogP contribution in [0.1, 0.15) is 38.1 Å². The van der Waals surface area contributed by atoms with E-state index in [4.69, 9.17) is 5.73 Å². The van der Waals surface area contributed by atoms with Gasteiger partial charge in [0.05, 0.1) is 16.6 Å². The van der Waals surface area contributed by atoms with E-state index in [1.807, 2.05) is 32.6 Å². The first-order chi connectivity index (χ1) is 13.4. The standard InChI is InChI=1S/C21H23FN4O3/c1-20(2,3)26-8-13(19(28)29)17(27)12-5-11-6-14(22)16(7-15(11)24-18(12)26)25-9-21(4,23)10-25/h5-8H,9-10,23H2,1-4H3,(H,28,29). The van der Waals surface area contributed by atoms with Crippen molar-refractivity contribution in [2.75, 3.05) is 18.0 Å². The lowest BCUT2D eigenvalue weighted by molar-refractivity contribution is 0.0694. The predicted octanol–water partition coefficient (Wildman–Crippen LogP) is 2.68. The first kappa shape index (κ1) is 19.3. The highest BCUT2D eigenvalue weighted by molar-refractivity contribution is 5.97. The van der Waals surface area contributed by atoms with Crippen LogP contribution in [0.3, 0.4) is 0 Å².